The molecule has 0 amide bonds. The van der Waals surface area contributed by atoms with E-state index in [0.717, 1.165) is 37.4 Å². The first kappa shape index (κ1) is 22.7. The molecule has 9 nitrogen and oxygen atoms in total. The topological polar surface area (TPSA) is 116 Å². The van der Waals surface area contributed by atoms with E-state index in [-0.39, 0.29) is 12.7 Å². The van der Waals surface area contributed by atoms with Crippen LogP contribution in [0.1, 0.15) is 23.9 Å². The van der Waals surface area contributed by atoms with Crippen LogP contribution in [0.5, 0.6) is 11.5 Å². The first-order chi connectivity index (χ1) is 15.1. The van der Waals surface area contributed by atoms with Gasteiger partial charge < -0.3 is 25.2 Å². The van der Waals surface area contributed by atoms with Crippen molar-refractivity contribution in [1.82, 2.24) is 20.2 Å². The van der Waals surface area contributed by atoms with Crippen LogP contribution in [0.2, 0.25) is 0 Å². The average molecular weight is 429 g/mol. The van der Waals surface area contributed by atoms with E-state index in [1.165, 1.54) is 5.56 Å². The molecule has 0 aliphatic rings. The van der Waals surface area contributed by atoms with E-state index in [0.29, 0.717) is 17.3 Å². The lowest BCUT2D eigenvalue weighted by Gasteiger charge is -2.12. The predicted molar refractivity (Wildman–Crippen MR) is 115 cm³/mol. The van der Waals surface area contributed by atoms with Crippen molar-refractivity contribution in [1.29, 1.82) is 0 Å². The van der Waals surface area contributed by atoms with Crippen LogP contribution in [0.15, 0.2) is 42.5 Å². The van der Waals surface area contributed by atoms with E-state index in [9.17, 15) is 5.11 Å². The fourth-order valence-corrected chi connectivity index (χ4v) is 3.15. The van der Waals surface area contributed by atoms with Gasteiger partial charge in [0.2, 0.25) is 0 Å². The van der Waals surface area contributed by atoms with E-state index in [4.69, 9.17) is 9.47 Å². The van der Waals surface area contributed by atoms with E-state index in [2.05, 4.69) is 26.2 Å². The number of hydrogen-bond acceptors (Lipinski definition) is 6. The summed E-state index contributed by atoms with van der Waals surface area (Å²) in [6, 6.07) is 13.9. The lowest BCUT2D eigenvalue weighted by atomic mass is 10.2. The summed E-state index contributed by atoms with van der Waals surface area (Å²) in [7, 11) is 1.64. The molecule has 5 N–H and O–H groups in total. The molecule has 1 heterocycles. The van der Waals surface area contributed by atoms with E-state index < -0.39 is 0 Å². The first-order valence-corrected chi connectivity index (χ1v) is 10.5. The van der Waals surface area contributed by atoms with Gasteiger partial charge in [0, 0.05) is 5.56 Å². The first-order valence-electron chi connectivity index (χ1n) is 10.5. The zero-order chi connectivity index (χ0) is 22.1. The third kappa shape index (κ3) is 6.74. The number of benzene rings is 2. The molecule has 0 spiro atoms. The number of methoxy groups -OCH3 is 1. The summed E-state index contributed by atoms with van der Waals surface area (Å²) >= 11 is 0. The standard InChI is InChI=1S/C22H30N6O3/c1-16-4-7-19(8-5-16)28-22(25-26-27-28)15-31-20-9-6-18(12-21(20)30-3)14-24-11-10-23-13-17(2)29/h4-9,12,17,23-24,29H,10-11,13-15H2,1-3H3/p+2/t17-/m1/s1. The molecule has 0 unspecified atom stereocenters. The molecule has 0 bridgehead atoms. The largest absolute Gasteiger partial charge is 0.493 e. The Hall–Kier alpha value is -3.01. The van der Waals surface area contributed by atoms with Gasteiger partial charge in [-0.2, -0.15) is 4.68 Å². The minimum absolute atomic E-state index is 0.224. The molecule has 0 saturated heterocycles. The molecule has 0 radical (unpaired) electrons. The fraction of sp³-hybridized carbons (Fsp3) is 0.409. The van der Waals surface area contributed by atoms with Gasteiger partial charge in [-0.15, -0.1) is 5.10 Å². The number of tetrazole rings is 1. The third-order valence-corrected chi connectivity index (χ3v) is 4.86. The van der Waals surface area contributed by atoms with Crippen LogP contribution in [0, 0.1) is 6.92 Å². The number of hydrogen-bond donors (Lipinski definition) is 3. The van der Waals surface area contributed by atoms with Gasteiger partial charge in [0.05, 0.1) is 18.9 Å². The molecule has 0 aliphatic heterocycles. The summed E-state index contributed by atoms with van der Waals surface area (Å²) < 4.78 is 13.2. The molecule has 0 aliphatic carbocycles. The SMILES string of the molecule is COc1cc(C[NH2+]CC[NH2+]C[C@@H](C)O)ccc1OCc1nnnn1-c1ccc(C)cc1. The summed E-state index contributed by atoms with van der Waals surface area (Å²) in [6.07, 6.45) is -0.265. The molecule has 31 heavy (non-hydrogen) atoms. The van der Waals surface area contributed by atoms with Crippen molar-refractivity contribution < 1.29 is 25.2 Å². The van der Waals surface area contributed by atoms with Gasteiger partial charge in [0.15, 0.2) is 23.9 Å². The Balaban J connectivity index is 1.55. The number of nitrogens with two attached hydrogens (primary N) is 2. The van der Waals surface area contributed by atoms with Gasteiger partial charge in [-0.1, -0.05) is 17.7 Å². The Bertz CT molecular complexity index is 943. The van der Waals surface area contributed by atoms with Crippen LogP contribution in [0.25, 0.3) is 5.69 Å². The predicted octanol–water partition coefficient (Wildman–Crippen LogP) is -0.434. The minimum atomic E-state index is -0.265. The molecule has 1 aromatic heterocycles. The van der Waals surface area contributed by atoms with Gasteiger partial charge in [-0.05, 0) is 54.6 Å². The molecule has 1 atom stereocenters. The smallest absolute Gasteiger partial charge is 0.194 e. The van der Waals surface area contributed by atoms with Gasteiger partial charge in [0.1, 0.15) is 26.2 Å². The van der Waals surface area contributed by atoms with Crippen LogP contribution in [0.4, 0.5) is 0 Å². The van der Waals surface area contributed by atoms with Crippen molar-refractivity contribution in [2.75, 3.05) is 26.7 Å². The second-order valence-electron chi connectivity index (χ2n) is 7.56. The van der Waals surface area contributed by atoms with Crippen LogP contribution in [-0.4, -0.2) is 58.2 Å². The highest BCUT2D eigenvalue weighted by Gasteiger charge is 2.12. The van der Waals surface area contributed by atoms with E-state index in [1.807, 2.05) is 49.4 Å². The quantitative estimate of drug-likeness (QED) is 0.337. The van der Waals surface area contributed by atoms with E-state index in [1.54, 1.807) is 18.7 Å². The lowest BCUT2D eigenvalue weighted by Crippen LogP contribution is -2.95. The summed E-state index contributed by atoms with van der Waals surface area (Å²) in [5.41, 5.74) is 3.22. The maximum absolute atomic E-state index is 9.28. The summed E-state index contributed by atoms with van der Waals surface area (Å²) in [4.78, 5) is 0. The Morgan fingerprint density at radius 3 is 2.58 bits per heavy atom. The van der Waals surface area contributed by atoms with E-state index >= 15 is 0 Å². The highest BCUT2D eigenvalue weighted by Crippen LogP contribution is 2.28. The Labute approximate surface area is 182 Å². The van der Waals surface area contributed by atoms with Gasteiger partial charge in [0.25, 0.3) is 0 Å². The number of quaternary nitrogens is 2. The van der Waals surface area contributed by atoms with Gasteiger partial charge >= 0.3 is 0 Å². The Morgan fingerprint density at radius 2 is 1.84 bits per heavy atom. The number of ether oxygens (including phenoxy) is 2. The maximum atomic E-state index is 9.28. The number of aliphatic hydroxyl groups is 1. The number of rotatable bonds is 12. The zero-order valence-electron chi connectivity index (χ0n) is 18.4. The van der Waals surface area contributed by atoms with Crippen LogP contribution >= 0.6 is 0 Å². The van der Waals surface area contributed by atoms with Crippen LogP contribution < -0.4 is 20.1 Å². The Kier molecular flexibility index (Phi) is 8.34. The average Bonchev–Trinajstić information content (AvgIpc) is 3.24. The molecule has 0 fully saturated rings. The van der Waals surface area contributed by atoms with Crippen molar-refractivity contribution in [2.24, 2.45) is 0 Å². The molecular formula is C22H32N6O3+2. The number of aliphatic hydroxyl groups excluding tert-OH is 1. The van der Waals surface area contributed by atoms with Gasteiger partial charge in [-0.3, -0.25) is 0 Å². The van der Waals surface area contributed by atoms with Crippen molar-refractivity contribution >= 4 is 0 Å². The second-order valence-corrected chi connectivity index (χ2v) is 7.56. The molecule has 2 aromatic carbocycles. The van der Waals surface area contributed by atoms with Gasteiger partial charge in [-0.25, -0.2) is 0 Å². The molecule has 3 aromatic rings. The second kappa shape index (κ2) is 11.4. The molecule has 166 valence electrons. The molecule has 0 saturated carbocycles. The molecule has 9 heteroatoms. The summed E-state index contributed by atoms with van der Waals surface area (Å²) in [5.74, 6) is 1.94. The Morgan fingerprint density at radius 1 is 1.06 bits per heavy atom. The minimum Gasteiger partial charge on any atom is -0.493 e. The lowest BCUT2D eigenvalue weighted by molar-refractivity contribution is -0.733. The normalized spacial score (nSPS) is 12.0. The monoisotopic (exact) mass is 428 g/mol. The highest BCUT2D eigenvalue weighted by atomic mass is 16.5. The number of aromatic nitrogens is 4. The highest BCUT2D eigenvalue weighted by molar-refractivity contribution is 5.43. The maximum Gasteiger partial charge on any atom is 0.194 e. The number of nitrogens with zero attached hydrogens (tertiary/aromatic N) is 4. The van der Waals surface area contributed by atoms with Crippen molar-refractivity contribution in [3.63, 3.8) is 0 Å². The summed E-state index contributed by atoms with van der Waals surface area (Å²) in [5, 5.41) is 25.6. The van der Waals surface area contributed by atoms with Crippen molar-refractivity contribution in [2.45, 2.75) is 33.1 Å². The van der Waals surface area contributed by atoms with Crippen LogP contribution in [0.3, 0.4) is 0 Å². The number of aryl methyl sites for hydroxylation is 1. The summed E-state index contributed by atoms with van der Waals surface area (Å²) in [6.45, 7) is 7.61. The fourth-order valence-electron chi connectivity index (χ4n) is 3.15. The molecule has 3 rings (SSSR count). The van der Waals surface area contributed by atoms with Crippen molar-refractivity contribution in [3.8, 4) is 17.2 Å². The third-order valence-electron chi connectivity index (χ3n) is 4.86. The zero-order valence-corrected chi connectivity index (χ0v) is 18.4. The molecular weight excluding hydrogens is 396 g/mol. The van der Waals surface area contributed by atoms with Crippen LogP contribution in [-0.2, 0) is 13.2 Å². The van der Waals surface area contributed by atoms with Crippen molar-refractivity contribution in [3.05, 3.63) is 59.4 Å².